The molecule has 0 aliphatic rings. The molecule has 4 rings (SSSR count). The van der Waals surface area contributed by atoms with Gasteiger partial charge in [0.25, 0.3) is 0 Å². The van der Waals surface area contributed by atoms with Gasteiger partial charge in [0, 0.05) is 23.7 Å². The number of halogens is 1. The van der Waals surface area contributed by atoms with Gasteiger partial charge >= 0.3 is 0 Å². The summed E-state index contributed by atoms with van der Waals surface area (Å²) in [6.45, 7) is 0.588. The summed E-state index contributed by atoms with van der Waals surface area (Å²) in [7, 11) is -2.38. The van der Waals surface area contributed by atoms with Crippen LogP contribution in [-0.4, -0.2) is 31.6 Å². The van der Waals surface area contributed by atoms with E-state index < -0.39 is 10.0 Å². The van der Waals surface area contributed by atoms with Crippen LogP contribution in [0.2, 0.25) is 5.02 Å². The summed E-state index contributed by atoms with van der Waals surface area (Å²) in [6.07, 6.45) is 0. The Bertz CT molecular complexity index is 1290. The molecule has 0 spiro atoms. The SMILES string of the molecule is COc1ccc(Cl)cc1S(=O)(=O)NCCn1c(-c2ccccc2)nc2ccccc21. The average Bonchev–Trinajstić information content (AvgIpc) is 3.13. The standard InChI is InChI=1S/C22H20ClN3O3S/c1-29-20-12-11-17(23)15-21(20)30(27,28)24-13-14-26-19-10-6-5-9-18(19)25-22(26)16-7-3-2-4-8-16/h2-12,15,24H,13-14H2,1H3. The highest BCUT2D eigenvalue weighted by Crippen LogP contribution is 2.27. The van der Waals surface area contributed by atoms with Gasteiger partial charge in [0.2, 0.25) is 10.0 Å². The Labute approximate surface area is 180 Å². The van der Waals surface area contributed by atoms with Gasteiger partial charge in [0.15, 0.2) is 0 Å². The maximum Gasteiger partial charge on any atom is 0.244 e. The van der Waals surface area contributed by atoms with E-state index in [0.717, 1.165) is 22.4 Å². The third-order valence-corrected chi connectivity index (χ3v) is 6.45. The van der Waals surface area contributed by atoms with Gasteiger partial charge in [-0.2, -0.15) is 0 Å². The summed E-state index contributed by atoms with van der Waals surface area (Å²) in [5, 5.41) is 0.322. The zero-order valence-electron chi connectivity index (χ0n) is 16.2. The van der Waals surface area contributed by atoms with Crippen molar-refractivity contribution in [2.45, 2.75) is 11.4 Å². The van der Waals surface area contributed by atoms with Crippen LogP contribution < -0.4 is 9.46 Å². The number of para-hydroxylation sites is 2. The van der Waals surface area contributed by atoms with Crippen LogP contribution in [-0.2, 0) is 16.6 Å². The van der Waals surface area contributed by atoms with Crippen molar-refractivity contribution in [3.63, 3.8) is 0 Å². The summed E-state index contributed by atoms with van der Waals surface area (Å²) in [4.78, 5) is 4.75. The number of nitrogens with zero attached hydrogens (tertiary/aromatic N) is 2. The number of sulfonamides is 1. The maximum absolute atomic E-state index is 12.8. The molecule has 4 aromatic rings. The zero-order chi connectivity index (χ0) is 21.1. The third-order valence-electron chi connectivity index (χ3n) is 4.73. The molecule has 154 valence electrons. The van der Waals surface area contributed by atoms with Crippen molar-refractivity contribution in [3.05, 3.63) is 77.8 Å². The Kier molecular flexibility index (Phi) is 5.76. The number of methoxy groups -OCH3 is 1. The molecular formula is C22H20ClN3O3S. The Morgan fingerprint density at radius 1 is 1.03 bits per heavy atom. The molecular weight excluding hydrogens is 422 g/mol. The second kappa shape index (κ2) is 8.47. The summed E-state index contributed by atoms with van der Waals surface area (Å²) in [5.74, 6) is 1.03. The van der Waals surface area contributed by atoms with E-state index in [1.807, 2.05) is 59.2 Å². The van der Waals surface area contributed by atoms with E-state index in [0.29, 0.717) is 11.6 Å². The predicted octanol–water partition coefficient (Wildman–Crippen LogP) is 4.34. The molecule has 0 fully saturated rings. The Morgan fingerprint density at radius 2 is 1.77 bits per heavy atom. The van der Waals surface area contributed by atoms with Crippen LogP contribution in [0.4, 0.5) is 0 Å². The third kappa shape index (κ3) is 4.05. The zero-order valence-corrected chi connectivity index (χ0v) is 17.8. The molecule has 8 heteroatoms. The molecule has 0 radical (unpaired) electrons. The van der Waals surface area contributed by atoms with Crippen LogP contribution in [0.15, 0.2) is 77.7 Å². The fourth-order valence-corrected chi connectivity index (χ4v) is 4.79. The predicted molar refractivity (Wildman–Crippen MR) is 118 cm³/mol. The second-order valence-electron chi connectivity index (χ2n) is 6.63. The summed E-state index contributed by atoms with van der Waals surface area (Å²) in [6, 6.07) is 22.1. The number of rotatable bonds is 7. The summed E-state index contributed by atoms with van der Waals surface area (Å²) in [5.41, 5.74) is 2.76. The number of aromatic nitrogens is 2. The lowest BCUT2D eigenvalue weighted by molar-refractivity contribution is 0.402. The lowest BCUT2D eigenvalue weighted by Crippen LogP contribution is -2.28. The van der Waals surface area contributed by atoms with Crippen LogP contribution in [0.5, 0.6) is 5.75 Å². The Hall–Kier alpha value is -2.87. The van der Waals surface area contributed by atoms with Crippen molar-refractivity contribution in [2.24, 2.45) is 0 Å². The second-order valence-corrected chi connectivity index (χ2v) is 8.81. The molecule has 6 nitrogen and oxygen atoms in total. The molecule has 0 aliphatic heterocycles. The number of benzene rings is 3. The van der Waals surface area contributed by atoms with E-state index in [1.165, 1.54) is 19.2 Å². The molecule has 1 heterocycles. The molecule has 30 heavy (non-hydrogen) atoms. The van der Waals surface area contributed by atoms with Crippen LogP contribution in [0.3, 0.4) is 0 Å². The maximum atomic E-state index is 12.8. The lowest BCUT2D eigenvalue weighted by atomic mass is 10.2. The fraction of sp³-hybridized carbons (Fsp3) is 0.136. The molecule has 0 saturated heterocycles. The van der Waals surface area contributed by atoms with Gasteiger partial charge in [-0.3, -0.25) is 0 Å². The quantitative estimate of drug-likeness (QED) is 0.463. The van der Waals surface area contributed by atoms with Crippen molar-refractivity contribution in [3.8, 4) is 17.1 Å². The normalized spacial score (nSPS) is 11.7. The molecule has 0 unspecified atom stereocenters. The molecule has 0 amide bonds. The minimum absolute atomic E-state index is 0.0104. The molecule has 0 atom stereocenters. The number of imidazole rings is 1. The van der Waals surface area contributed by atoms with Crippen molar-refractivity contribution < 1.29 is 13.2 Å². The molecule has 1 aromatic heterocycles. The number of nitrogens with one attached hydrogen (secondary N) is 1. The number of fused-ring (bicyclic) bond motifs is 1. The van der Waals surface area contributed by atoms with Crippen LogP contribution >= 0.6 is 11.6 Å². The topological polar surface area (TPSA) is 73.2 Å². The first-order valence-electron chi connectivity index (χ1n) is 9.33. The van der Waals surface area contributed by atoms with Crippen LogP contribution in [0, 0.1) is 0 Å². The number of hydrogen-bond donors (Lipinski definition) is 1. The molecule has 0 saturated carbocycles. The average molecular weight is 442 g/mol. The Balaban J connectivity index is 1.62. The van der Waals surface area contributed by atoms with E-state index in [1.54, 1.807) is 6.07 Å². The minimum atomic E-state index is -3.80. The van der Waals surface area contributed by atoms with E-state index in [4.69, 9.17) is 21.3 Å². The van der Waals surface area contributed by atoms with Gasteiger partial charge in [0.05, 0.1) is 18.1 Å². The van der Waals surface area contributed by atoms with Crippen molar-refractivity contribution in [1.29, 1.82) is 0 Å². The molecule has 1 N–H and O–H groups in total. The van der Waals surface area contributed by atoms with Crippen LogP contribution in [0.25, 0.3) is 22.4 Å². The molecule has 3 aromatic carbocycles. The monoisotopic (exact) mass is 441 g/mol. The molecule has 0 bridgehead atoms. The summed E-state index contributed by atoms with van der Waals surface area (Å²) < 4.78 is 35.5. The van der Waals surface area contributed by atoms with Gasteiger partial charge in [0.1, 0.15) is 16.5 Å². The molecule has 0 aliphatic carbocycles. The fourth-order valence-electron chi connectivity index (χ4n) is 3.34. The highest BCUT2D eigenvalue weighted by atomic mass is 35.5. The van der Waals surface area contributed by atoms with E-state index in [9.17, 15) is 8.42 Å². The van der Waals surface area contributed by atoms with E-state index in [-0.39, 0.29) is 17.2 Å². The first kappa shape index (κ1) is 20.4. The number of ether oxygens (including phenoxy) is 1. The first-order valence-corrected chi connectivity index (χ1v) is 11.2. The van der Waals surface area contributed by atoms with Gasteiger partial charge < -0.3 is 9.30 Å². The smallest absolute Gasteiger partial charge is 0.244 e. The largest absolute Gasteiger partial charge is 0.495 e. The van der Waals surface area contributed by atoms with Gasteiger partial charge in [-0.05, 0) is 30.3 Å². The van der Waals surface area contributed by atoms with E-state index in [2.05, 4.69) is 4.72 Å². The Morgan fingerprint density at radius 3 is 2.53 bits per heavy atom. The van der Waals surface area contributed by atoms with Gasteiger partial charge in [-0.15, -0.1) is 0 Å². The van der Waals surface area contributed by atoms with Crippen molar-refractivity contribution >= 4 is 32.7 Å². The highest BCUT2D eigenvalue weighted by Gasteiger charge is 2.20. The van der Waals surface area contributed by atoms with Crippen LogP contribution in [0.1, 0.15) is 0 Å². The van der Waals surface area contributed by atoms with E-state index >= 15 is 0 Å². The first-order chi connectivity index (χ1) is 14.5. The number of hydrogen-bond acceptors (Lipinski definition) is 4. The lowest BCUT2D eigenvalue weighted by Gasteiger charge is -2.13. The minimum Gasteiger partial charge on any atom is -0.495 e. The van der Waals surface area contributed by atoms with Crippen molar-refractivity contribution in [2.75, 3.05) is 13.7 Å². The van der Waals surface area contributed by atoms with Crippen molar-refractivity contribution in [1.82, 2.24) is 14.3 Å². The van der Waals surface area contributed by atoms with Gasteiger partial charge in [-0.25, -0.2) is 18.1 Å². The summed E-state index contributed by atoms with van der Waals surface area (Å²) >= 11 is 5.99. The van der Waals surface area contributed by atoms with Gasteiger partial charge in [-0.1, -0.05) is 54.1 Å². The highest BCUT2D eigenvalue weighted by molar-refractivity contribution is 7.89.